The quantitative estimate of drug-likeness (QED) is 0.640. The van der Waals surface area contributed by atoms with Crippen LogP contribution in [0.25, 0.3) is 0 Å². The Balaban J connectivity index is 2.36. The van der Waals surface area contributed by atoms with Crippen LogP contribution in [-0.2, 0) is 0 Å². The molecule has 2 rings (SSSR count). The van der Waals surface area contributed by atoms with Crippen LogP contribution in [0.15, 0.2) is 40.9 Å². The van der Waals surface area contributed by atoms with Gasteiger partial charge in [0.15, 0.2) is 0 Å². The lowest BCUT2D eigenvalue weighted by atomic mass is 10.1. The van der Waals surface area contributed by atoms with Crippen LogP contribution in [0.1, 0.15) is 10.4 Å². The molecule has 0 aliphatic carbocycles. The van der Waals surface area contributed by atoms with E-state index >= 15 is 0 Å². The molecule has 2 N–H and O–H groups in total. The Morgan fingerprint density at radius 1 is 1.24 bits per heavy atom. The first-order chi connectivity index (χ1) is 9.88. The molecule has 8 heteroatoms. The molecule has 0 aromatic heterocycles. The van der Waals surface area contributed by atoms with Crippen LogP contribution < -0.4 is 5.32 Å². The summed E-state index contributed by atoms with van der Waals surface area (Å²) in [5, 5.41) is 22.6. The summed E-state index contributed by atoms with van der Waals surface area (Å²) in [6, 6.07) is 7.80. The number of nitrogens with zero attached hydrogens (tertiary/aromatic N) is 1. The maximum absolute atomic E-state index is 13.1. The summed E-state index contributed by atoms with van der Waals surface area (Å²) in [7, 11) is 0. The first-order valence-corrected chi connectivity index (χ1v) is 6.41. The number of hydrogen-bond donors (Lipinski definition) is 2. The number of carbonyl (C=O) groups is 1. The number of nitrogens with one attached hydrogen (secondary N) is 1. The van der Waals surface area contributed by atoms with Gasteiger partial charge in [0.2, 0.25) is 0 Å². The molecule has 2 aromatic rings. The van der Waals surface area contributed by atoms with E-state index in [2.05, 4.69) is 21.2 Å². The van der Waals surface area contributed by atoms with E-state index in [-0.39, 0.29) is 4.47 Å². The Labute approximate surface area is 126 Å². The summed E-state index contributed by atoms with van der Waals surface area (Å²) in [4.78, 5) is 21.0. The van der Waals surface area contributed by atoms with Gasteiger partial charge in [0.1, 0.15) is 11.4 Å². The van der Waals surface area contributed by atoms with Crippen LogP contribution in [0.5, 0.6) is 0 Å². The van der Waals surface area contributed by atoms with Crippen molar-refractivity contribution in [1.82, 2.24) is 0 Å². The van der Waals surface area contributed by atoms with Crippen LogP contribution in [0.3, 0.4) is 0 Å². The highest BCUT2D eigenvalue weighted by atomic mass is 79.9. The number of aromatic carboxylic acids is 1. The molecular weight excluding hydrogens is 347 g/mol. The lowest BCUT2D eigenvalue weighted by Crippen LogP contribution is -2.03. The zero-order valence-electron chi connectivity index (χ0n) is 10.3. The highest BCUT2D eigenvalue weighted by Crippen LogP contribution is 2.27. The Kier molecular flexibility index (Phi) is 4.18. The van der Waals surface area contributed by atoms with Crippen molar-refractivity contribution in [3.63, 3.8) is 0 Å². The number of benzene rings is 2. The van der Waals surface area contributed by atoms with Crippen molar-refractivity contribution in [2.45, 2.75) is 0 Å². The number of rotatable bonds is 4. The van der Waals surface area contributed by atoms with Crippen molar-refractivity contribution in [3.05, 3.63) is 62.4 Å². The molecule has 21 heavy (non-hydrogen) atoms. The molecule has 0 fully saturated rings. The fourth-order valence-corrected chi connectivity index (χ4v) is 2.06. The van der Waals surface area contributed by atoms with Crippen LogP contribution in [0, 0.1) is 15.9 Å². The molecule has 0 saturated carbocycles. The predicted molar refractivity (Wildman–Crippen MR) is 77.4 cm³/mol. The average molecular weight is 355 g/mol. The van der Waals surface area contributed by atoms with E-state index in [1.54, 1.807) is 0 Å². The third-order valence-corrected chi connectivity index (χ3v) is 3.24. The maximum Gasteiger partial charge on any atom is 0.342 e. The van der Waals surface area contributed by atoms with Crippen LogP contribution in [-0.4, -0.2) is 16.0 Å². The van der Waals surface area contributed by atoms with Gasteiger partial charge in [0.25, 0.3) is 5.69 Å². The van der Waals surface area contributed by atoms with Crippen LogP contribution in [0.4, 0.5) is 21.5 Å². The number of halogens is 2. The molecule has 0 heterocycles. The van der Waals surface area contributed by atoms with E-state index in [0.717, 1.165) is 12.1 Å². The summed E-state index contributed by atoms with van der Waals surface area (Å²) in [6.07, 6.45) is 0. The van der Waals surface area contributed by atoms with E-state index in [4.69, 9.17) is 5.11 Å². The van der Waals surface area contributed by atoms with E-state index in [1.165, 1.54) is 24.3 Å². The highest BCUT2D eigenvalue weighted by Gasteiger charge is 2.20. The zero-order chi connectivity index (χ0) is 15.6. The fraction of sp³-hybridized carbons (Fsp3) is 0. The molecule has 0 aliphatic heterocycles. The Hall–Kier alpha value is -2.48. The fourth-order valence-electron chi connectivity index (χ4n) is 1.68. The molecule has 6 nitrogen and oxygen atoms in total. The zero-order valence-corrected chi connectivity index (χ0v) is 11.9. The molecule has 0 bridgehead atoms. The van der Waals surface area contributed by atoms with E-state index < -0.39 is 28.0 Å². The average Bonchev–Trinajstić information content (AvgIpc) is 2.42. The van der Waals surface area contributed by atoms with Crippen molar-refractivity contribution < 1.29 is 19.2 Å². The monoisotopic (exact) mass is 354 g/mol. The number of nitro groups is 1. The molecule has 2 aromatic carbocycles. The molecular formula is C13H8BrFN2O4. The second kappa shape index (κ2) is 5.88. The summed E-state index contributed by atoms with van der Waals surface area (Å²) in [5.41, 5.74) is -0.0922. The Morgan fingerprint density at radius 2 is 1.86 bits per heavy atom. The largest absolute Gasteiger partial charge is 0.477 e. The smallest absolute Gasteiger partial charge is 0.342 e. The summed E-state index contributed by atoms with van der Waals surface area (Å²) in [6.45, 7) is 0. The van der Waals surface area contributed by atoms with Gasteiger partial charge in [-0.2, -0.15) is 0 Å². The SMILES string of the molecule is O=C(O)c1ccc(Nc2ccc(F)c(Br)c2)cc1[N+](=O)[O-]. The van der Waals surface area contributed by atoms with Gasteiger partial charge >= 0.3 is 5.97 Å². The molecule has 0 atom stereocenters. The van der Waals surface area contributed by atoms with E-state index in [9.17, 15) is 19.3 Å². The van der Waals surface area contributed by atoms with Crippen LogP contribution in [0.2, 0.25) is 0 Å². The predicted octanol–water partition coefficient (Wildman–Crippen LogP) is 3.94. The lowest BCUT2D eigenvalue weighted by molar-refractivity contribution is -0.385. The Bertz CT molecular complexity index is 736. The van der Waals surface area contributed by atoms with Gasteiger partial charge in [-0.15, -0.1) is 0 Å². The van der Waals surface area contributed by atoms with Gasteiger partial charge in [-0.3, -0.25) is 10.1 Å². The minimum absolute atomic E-state index is 0.240. The number of carboxylic acids is 1. The standard InChI is InChI=1S/C13H8BrFN2O4/c14-10-5-7(2-4-11(10)15)16-8-1-3-9(13(18)19)12(6-8)17(20)21/h1-6,16H,(H,18,19). The summed E-state index contributed by atoms with van der Waals surface area (Å²) >= 11 is 3.03. The maximum atomic E-state index is 13.1. The van der Waals surface area contributed by atoms with Crippen molar-refractivity contribution in [2.24, 2.45) is 0 Å². The minimum atomic E-state index is -1.38. The normalized spacial score (nSPS) is 10.2. The third kappa shape index (κ3) is 3.34. The van der Waals surface area contributed by atoms with Crippen molar-refractivity contribution in [1.29, 1.82) is 0 Å². The van der Waals surface area contributed by atoms with Crippen molar-refractivity contribution in [3.8, 4) is 0 Å². The minimum Gasteiger partial charge on any atom is -0.477 e. The number of hydrogen-bond acceptors (Lipinski definition) is 4. The highest BCUT2D eigenvalue weighted by molar-refractivity contribution is 9.10. The molecule has 108 valence electrons. The van der Waals surface area contributed by atoms with Crippen LogP contribution >= 0.6 is 15.9 Å². The molecule has 0 radical (unpaired) electrons. The topological polar surface area (TPSA) is 92.5 Å². The first-order valence-electron chi connectivity index (χ1n) is 5.62. The molecule has 0 unspecified atom stereocenters. The third-order valence-electron chi connectivity index (χ3n) is 2.63. The van der Waals surface area contributed by atoms with Gasteiger partial charge in [-0.25, -0.2) is 9.18 Å². The summed E-state index contributed by atoms with van der Waals surface area (Å²) < 4.78 is 13.4. The molecule has 0 spiro atoms. The number of nitro benzene ring substituents is 1. The number of anilines is 2. The molecule has 0 amide bonds. The second-order valence-corrected chi connectivity index (χ2v) is 4.90. The summed E-state index contributed by atoms with van der Waals surface area (Å²) in [5.74, 6) is -1.81. The van der Waals surface area contributed by atoms with Crippen molar-refractivity contribution in [2.75, 3.05) is 5.32 Å². The van der Waals surface area contributed by atoms with Gasteiger partial charge in [-0.1, -0.05) is 0 Å². The molecule has 0 aliphatic rings. The van der Waals surface area contributed by atoms with Gasteiger partial charge in [0, 0.05) is 17.4 Å². The van der Waals surface area contributed by atoms with E-state index in [1.807, 2.05) is 0 Å². The van der Waals surface area contributed by atoms with Gasteiger partial charge in [-0.05, 0) is 46.3 Å². The second-order valence-electron chi connectivity index (χ2n) is 4.05. The Morgan fingerprint density at radius 3 is 2.43 bits per heavy atom. The van der Waals surface area contributed by atoms with E-state index in [0.29, 0.717) is 11.4 Å². The molecule has 0 saturated heterocycles. The van der Waals surface area contributed by atoms with Gasteiger partial charge < -0.3 is 10.4 Å². The first kappa shape index (κ1) is 14.9. The van der Waals surface area contributed by atoms with Gasteiger partial charge in [0.05, 0.1) is 9.40 Å². The lowest BCUT2D eigenvalue weighted by Gasteiger charge is -2.08. The number of carboxylic acid groups (broad SMARTS) is 1. The van der Waals surface area contributed by atoms with Crippen molar-refractivity contribution >= 4 is 39.0 Å².